The Balaban J connectivity index is 2.67. The van der Waals surface area contributed by atoms with Crippen LogP contribution < -0.4 is 4.90 Å². The lowest BCUT2D eigenvalue weighted by Crippen LogP contribution is -2.36. The van der Waals surface area contributed by atoms with Gasteiger partial charge in [-0.2, -0.15) is 0 Å². The van der Waals surface area contributed by atoms with Crippen LogP contribution in [0.4, 0.5) is 10.1 Å². The zero-order valence-corrected chi connectivity index (χ0v) is 8.45. The van der Waals surface area contributed by atoms with Crippen LogP contribution >= 0.6 is 0 Å². The van der Waals surface area contributed by atoms with E-state index in [1.54, 1.807) is 13.8 Å². The number of carbonyl (C=O) groups is 2. The summed E-state index contributed by atoms with van der Waals surface area (Å²) in [6.07, 6.45) is 0. The van der Waals surface area contributed by atoms with E-state index in [4.69, 9.17) is 0 Å². The first kappa shape index (κ1) is 9.83. The molecule has 1 aliphatic rings. The Kier molecular flexibility index (Phi) is 2.07. The van der Waals surface area contributed by atoms with Gasteiger partial charge < -0.3 is 0 Å². The van der Waals surface area contributed by atoms with Crippen molar-refractivity contribution < 1.29 is 14.0 Å². The van der Waals surface area contributed by atoms with Gasteiger partial charge in [0.05, 0.1) is 11.3 Å². The SMILES string of the molecule is CC(C)N1C(=O)C(=O)c2cccc(F)c21. The Bertz CT molecular complexity index is 454. The summed E-state index contributed by atoms with van der Waals surface area (Å²) in [5.41, 5.74) is 0.274. The molecule has 3 nitrogen and oxygen atoms in total. The summed E-state index contributed by atoms with van der Waals surface area (Å²) in [6.45, 7) is 3.49. The third-order valence-corrected chi connectivity index (χ3v) is 2.40. The number of hydrogen-bond acceptors (Lipinski definition) is 2. The summed E-state index contributed by atoms with van der Waals surface area (Å²) in [6, 6.07) is 3.93. The van der Waals surface area contributed by atoms with E-state index >= 15 is 0 Å². The van der Waals surface area contributed by atoms with Crippen molar-refractivity contribution in [3.63, 3.8) is 0 Å². The second kappa shape index (κ2) is 3.15. The summed E-state index contributed by atoms with van der Waals surface area (Å²) >= 11 is 0. The van der Waals surface area contributed by atoms with Gasteiger partial charge in [-0.25, -0.2) is 4.39 Å². The molecule has 0 N–H and O–H groups in total. The van der Waals surface area contributed by atoms with E-state index in [0.29, 0.717) is 0 Å². The fourth-order valence-corrected chi connectivity index (χ4v) is 1.76. The monoisotopic (exact) mass is 207 g/mol. The van der Waals surface area contributed by atoms with Crippen LogP contribution in [0.1, 0.15) is 24.2 Å². The first-order valence-corrected chi connectivity index (χ1v) is 4.70. The minimum absolute atomic E-state index is 0.113. The number of benzene rings is 1. The van der Waals surface area contributed by atoms with Crippen LogP contribution in [0.25, 0.3) is 0 Å². The smallest absolute Gasteiger partial charge is 0.299 e. The number of hydrogen-bond donors (Lipinski definition) is 0. The maximum atomic E-state index is 13.5. The van der Waals surface area contributed by atoms with Gasteiger partial charge in [0.25, 0.3) is 11.7 Å². The summed E-state index contributed by atoms with van der Waals surface area (Å²) < 4.78 is 13.5. The number of halogens is 1. The van der Waals surface area contributed by atoms with Crippen LogP contribution in [0.3, 0.4) is 0 Å². The van der Waals surface area contributed by atoms with Gasteiger partial charge in [-0.05, 0) is 26.0 Å². The molecule has 1 aromatic carbocycles. The van der Waals surface area contributed by atoms with Crippen molar-refractivity contribution in [2.24, 2.45) is 0 Å². The number of fused-ring (bicyclic) bond motifs is 1. The lowest BCUT2D eigenvalue weighted by atomic mass is 10.1. The summed E-state index contributed by atoms with van der Waals surface area (Å²) in [5, 5.41) is 0. The number of carbonyl (C=O) groups excluding carboxylic acids is 2. The van der Waals surface area contributed by atoms with E-state index in [0.717, 1.165) is 0 Å². The molecule has 0 spiro atoms. The molecular weight excluding hydrogens is 197 g/mol. The van der Waals surface area contributed by atoms with Gasteiger partial charge in [-0.3, -0.25) is 14.5 Å². The Morgan fingerprint density at radius 3 is 2.53 bits per heavy atom. The van der Waals surface area contributed by atoms with Crippen molar-refractivity contribution in [3.8, 4) is 0 Å². The van der Waals surface area contributed by atoms with Gasteiger partial charge in [0.2, 0.25) is 0 Å². The highest BCUT2D eigenvalue weighted by molar-refractivity contribution is 6.52. The molecule has 0 unspecified atom stereocenters. The fraction of sp³-hybridized carbons (Fsp3) is 0.273. The fourth-order valence-electron chi connectivity index (χ4n) is 1.76. The number of anilines is 1. The number of nitrogens with zero attached hydrogens (tertiary/aromatic N) is 1. The first-order valence-electron chi connectivity index (χ1n) is 4.70. The van der Waals surface area contributed by atoms with Crippen LogP contribution in [-0.4, -0.2) is 17.7 Å². The molecule has 1 amide bonds. The van der Waals surface area contributed by atoms with Crippen molar-refractivity contribution in [2.75, 3.05) is 4.90 Å². The van der Waals surface area contributed by atoms with Gasteiger partial charge in [-0.1, -0.05) is 6.07 Å². The maximum absolute atomic E-state index is 13.5. The molecule has 0 saturated carbocycles. The number of Topliss-reactive ketones (excluding diaryl/α,β-unsaturated/α-hetero) is 1. The van der Waals surface area contributed by atoms with Crippen LogP contribution in [-0.2, 0) is 4.79 Å². The number of amides is 1. The van der Waals surface area contributed by atoms with E-state index in [1.807, 2.05) is 0 Å². The second-order valence-corrected chi connectivity index (χ2v) is 3.73. The topological polar surface area (TPSA) is 37.4 Å². The van der Waals surface area contributed by atoms with Crippen molar-refractivity contribution >= 4 is 17.4 Å². The van der Waals surface area contributed by atoms with Gasteiger partial charge in [0.1, 0.15) is 5.82 Å². The standard InChI is InChI=1S/C11H10FNO2/c1-6(2)13-9-7(10(14)11(13)15)4-3-5-8(9)12/h3-6H,1-2H3. The molecule has 15 heavy (non-hydrogen) atoms. The molecule has 2 rings (SSSR count). The molecule has 78 valence electrons. The lowest BCUT2D eigenvalue weighted by Gasteiger charge is -2.20. The highest BCUT2D eigenvalue weighted by atomic mass is 19.1. The molecule has 0 saturated heterocycles. The Hall–Kier alpha value is -1.71. The molecular formula is C11H10FNO2. The molecule has 0 aliphatic carbocycles. The highest BCUT2D eigenvalue weighted by Crippen LogP contribution is 2.32. The minimum atomic E-state index is -0.648. The Morgan fingerprint density at radius 1 is 1.27 bits per heavy atom. The maximum Gasteiger partial charge on any atom is 0.299 e. The van der Waals surface area contributed by atoms with Gasteiger partial charge in [0.15, 0.2) is 0 Å². The van der Waals surface area contributed by atoms with E-state index in [1.165, 1.54) is 23.1 Å². The van der Waals surface area contributed by atoms with Crippen molar-refractivity contribution in [1.29, 1.82) is 0 Å². The van der Waals surface area contributed by atoms with E-state index < -0.39 is 17.5 Å². The third kappa shape index (κ3) is 1.25. The van der Waals surface area contributed by atoms with Crippen LogP contribution in [0.2, 0.25) is 0 Å². The number of ketones is 1. The van der Waals surface area contributed by atoms with Crippen molar-refractivity contribution in [3.05, 3.63) is 29.6 Å². The third-order valence-electron chi connectivity index (χ3n) is 2.40. The molecule has 0 radical (unpaired) electrons. The summed E-state index contributed by atoms with van der Waals surface area (Å²) in [7, 11) is 0. The predicted molar refractivity (Wildman–Crippen MR) is 53.4 cm³/mol. The lowest BCUT2D eigenvalue weighted by molar-refractivity contribution is -0.114. The van der Waals surface area contributed by atoms with E-state index in [2.05, 4.69) is 0 Å². The summed E-state index contributed by atoms with van der Waals surface area (Å²) in [4.78, 5) is 24.3. The Morgan fingerprint density at radius 2 is 1.93 bits per heavy atom. The van der Waals surface area contributed by atoms with Gasteiger partial charge in [0, 0.05) is 6.04 Å². The number of rotatable bonds is 1. The Labute approximate surface area is 86.5 Å². The molecule has 1 heterocycles. The van der Waals surface area contributed by atoms with E-state index in [-0.39, 0.29) is 17.3 Å². The molecule has 0 atom stereocenters. The van der Waals surface area contributed by atoms with E-state index in [9.17, 15) is 14.0 Å². The molecule has 4 heteroatoms. The zero-order chi connectivity index (χ0) is 11.2. The minimum Gasteiger partial charge on any atom is -0.299 e. The van der Waals surface area contributed by atoms with Crippen molar-refractivity contribution in [2.45, 2.75) is 19.9 Å². The zero-order valence-electron chi connectivity index (χ0n) is 8.45. The van der Waals surface area contributed by atoms with Crippen LogP contribution in [0.5, 0.6) is 0 Å². The average molecular weight is 207 g/mol. The molecule has 1 aromatic rings. The van der Waals surface area contributed by atoms with Crippen molar-refractivity contribution in [1.82, 2.24) is 0 Å². The molecule has 0 aromatic heterocycles. The second-order valence-electron chi connectivity index (χ2n) is 3.73. The van der Waals surface area contributed by atoms with Crippen LogP contribution in [0.15, 0.2) is 18.2 Å². The average Bonchev–Trinajstić information content (AvgIpc) is 2.43. The quantitative estimate of drug-likeness (QED) is 0.658. The van der Waals surface area contributed by atoms with Gasteiger partial charge >= 0.3 is 0 Å². The predicted octanol–water partition coefficient (Wildman–Crippen LogP) is 1.76. The normalized spacial score (nSPS) is 15.1. The molecule has 1 aliphatic heterocycles. The van der Waals surface area contributed by atoms with Crippen LogP contribution in [0, 0.1) is 5.82 Å². The largest absolute Gasteiger partial charge is 0.299 e. The molecule has 0 bridgehead atoms. The van der Waals surface area contributed by atoms with Gasteiger partial charge in [-0.15, -0.1) is 0 Å². The molecule has 0 fully saturated rings. The first-order chi connectivity index (χ1) is 7.04. The summed E-state index contributed by atoms with van der Waals surface area (Å²) in [5.74, 6) is -1.80. The highest BCUT2D eigenvalue weighted by Gasteiger charge is 2.39. The number of para-hydroxylation sites is 1.